The Morgan fingerprint density at radius 3 is 3.10 bits per heavy atom. The van der Waals surface area contributed by atoms with Crippen molar-refractivity contribution in [2.75, 3.05) is 11.4 Å². The van der Waals surface area contributed by atoms with Crippen LogP contribution in [0.2, 0.25) is 0 Å². The number of aryl methyl sites for hydroxylation is 1. The maximum atomic E-state index is 4.48. The number of pyridine rings is 1. The Kier molecular flexibility index (Phi) is 4.27. The van der Waals surface area contributed by atoms with Gasteiger partial charge in [-0.3, -0.25) is 4.98 Å². The van der Waals surface area contributed by atoms with Crippen molar-refractivity contribution >= 4 is 17.0 Å². The predicted octanol–water partition coefficient (Wildman–Crippen LogP) is 3.51. The van der Waals surface area contributed by atoms with E-state index in [1.807, 2.05) is 17.5 Å². The van der Waals surface area contributed by atoms with Crippen molar-refractivity contribution in [2.24, 2.45) is 0 Å². The minimum Gasteiger partial charge on any atom is -0.366 e. The first-order valence-corrected chi connectivity index (χ1v) is 8.50. The molecule has 0 saturated heterocycles. The van der Waals surface area contributed by atoms with Gasteiger partial charge in [-0.25, -0.2) is 0 Å². The Bertz CT molecular complexity index is 618. The topological polar surface area (TPSA) is 28.2 Å². The van der Waals surface area contributed by atoms with E-state index in [1.54, 1.807) is 4.88 Å². The zero-order valence-corrected chi connectivity index (χ0v) is 13.8. The van der Waals surface area contributed by atoms with E-state index in [1.165, 1.54) is 16.8 Å². The van der Waals surface area contributed by atoms with E-state index in [0.717, 1.165) is 31.7 Å². The van der Waals surface area contributed by atoms with E-state index in [4.69, 9.17) is 0 Å². The van der Waals surface area contributed by atoms with Crippen LogP contribution in [-0.4, -0.2) is 17.6 Å². The largest absolute Gasteiger partial charge is 0.366 e. The molecular weight excluding hydrogens is 278 g/mol. The number of thiophene rings is 1. The van der Waals surface area contributed by atoms with E-state index in [9.17, 15) is 0 Å². The number of nitrogens with one attached hydrogen (secondary N) is 1. The van der Waals surface area contributed by atoms with Gasteiger partial charge in [0.2, 0.25) is 0 Å². The third-order valence-electron chi connectivity index (χ3n) is 3.95. The minimum atomic E-state index is 0.490. The predicted molar refractivity (Wildman–Crippen MR) is 90.0 cm³/mol. The molecule has 4 heteroatoms. The van der Waals surface area contributed by atoms with Crippen LogP contribution in [0, 0.1) is 6.92 Å². The van der Waals surface area contributed by atoms with Crippen molar-refractivity contribution in [3.05, 3.63) is 45.4 Å². The molecule has 0 aromatic carbocycles. The summed E-state index contributed by atoms with van der Waals surface area (Å²) in [6.07, 6.45) is 3.19. The van der Waals surface area contributed by atoms with Crippen molar-refractivity contribution in [1.29, 1.82) is 0 Å². The van der Waals surface area contributed by atoms with E-state index < -0.39 is 0 Å². The minimum absolute atomic E-state index is 0.490. The molecule has 1 N–H and O–H groups in total. The van der Waals surface area contributed by atoms with Gasteiger partial charge < -0.3 is 10.2 Å². The number of fused-ring (bicyclic) bond motifs is 1. The fourth-order valence-corrected chi connectivity index (χ4v) is 3.66. The normalized spacial score (nSPS) is 14.6. The SMILES string of the molecule is Cc1cc(N2CCc3sccc3C2)c(CNC(C)C)cn1. The van der Waals surface area contributed by atoms with Gasteiger partial charge in [-0.2, -0.15) is 0 Å². The standard InChI is InChI=1S/C17H23N3S/c1-12(2)18-9-15-10-19-13(3)8-16(15)20-6-4-17-14(11-20)5-7-21-17/h5,7-8,10,12,18H,4,6,9,11H2,1-3H3. The van der Waals surface area contributed by atoms with Gasteiger partial charge in [0.1, 0.15) is 0 Å². The number of hydrogen-bond acceptors (Lipinski definition) is 4. The van der Waals surface area contributed by atoms with Gasteiger partial charge in [-0.1, -0.05) is 13.8 Å². The van der Waals surface area contributed by atoms with Gasteiger partial charge in [0.05, 0.1) is 0 Å². The molecule has 0 spiro atoms. The van der Waals surface area contributed by atoms with Crippen molar-refractivity contribution in [2.45, 2.75) is 46.3 Å². The molecule has 0 radical (unpaired) electrons. The second-order valence-electron chi connectivity index (χ2n) is 6.03. The molecule has 0 unspecified atom stereocenters. The fraction of sp³-hybridized carbons (Fsp3) is 0.471. The monoisotopic (exact) mass is 301 g/mol. The van der Waals surface area contributed by atoms with Crippen molar-refractivity contribution in [1.82, 2.24) is 10.3 Å². The summed E-state index contributed by atoms with van der Waals surface area (Å²) in [4.78, 5) is 8.54. The molecule has 3 heterocycles. The van der Waals surface area contributed by atoms with Gasteiger partial charge >= 0.3 is 0 Å². The summed E-state index contributed by atoms with van der Waals surface area (Å²) in [5, 5.41) is 5.73. The Balaban J connectivity index is 1.85. The van der Waals surface area contributed by atoms with Crippen LogP contribution in [0.4, 0.5) is 5.69 Å². The molecule has 21 heavy (non-hydrogen) atoms. The first kappa shape index (κ1) is 14.5. The van der Waals surface area contributed by atoms with Crippen LogP contribution in [0.1, 0.15) is 35.5 Å². The van der Waals surface area contributed by atoms with Gasteiger partial charge in [0.25, 0.3) is 0 Å². The average molecular weight is 301 g/mol. The Labute approximate surface area is 131 Å². The number of hydrogen-bond donors (Lipinski definition) is 1. The molecule has 1 aliphatic heterocycles. The van der Waals surface area contributed by atoms with Gasteiger partial charge in [0, 0.05) is 53.7 Å². The van der Waals surface area contributed by atoms with Crippen LogP contribution >= 0.6 is 11.3 Å². The summed E-state index contributed by atoms with van der Waals surface area (Å²) in [7, 11) is 0. The Hall–Kier alpha value is -1.39. The summed E-state index contributed by atoms with van der Waals surface area (Å²) in [5.41, 5.74) is 5.22. The lowest BCUT2D eigenvalue weighted by Gasteiger charge is -2.31. The average Bonchev–Trinajstić information content (AvgIpc) is 2.93. The van der Waals surface area contributed by atoms with E-state index in [-0.39, 0.29) is 0 Å². The summed E-state index contributed by atoms with van der Waals surface area (Å²) in [5.74, 6) is 0. The van der Waals surface area contributed by atoms with Crippen LogP contribution in [0.15, 0.2) is 23.7 Å². The molecule has 112 valence electrons. The molecule has 0 aliphatic carbocycles. The Morgan fingerprint density at radius 2 is 2.29 bits per heavy atom. The molecule has 3 nitrogen and oxygen atoms in total. The molecular formula is C17H23N3S. The second-order valence-corrected chi connectivity index (χ2v) is 7.03. The van der Waals surface area contributed by atoms with E-state index in [2.05, 4.69) is 53.5 Å². The highest BCUT2D eigenvalue weighted by Crippen LogP contribution is 2.30. The first-order chi connectivity index (χ1) is 10.1. The molecule has 0 fully saturated rings. The summed E-state index contributed by atoms with van der Waals surface area (Å²) in [6.45, 7) is 9.44. The van der Waals surface area contributed by atoms with Gasteiger partial charge in [-0.15, -0.1) is 11.3 Å². The number of aromatic nitrogens is 1. The van der Waals surface area contributed by atoms with Crippen LogP contribution in [0.3, 0.4) is 0 Å². The molecule has 1 aliphatic rings. The lowest BCUT2D eigenvalue weighted by Crippen LogP contribution is -2.31. The van der Waals surface area contributed by atoms with E-state index in [0.29, 0.717) is 6.04 Å². The van der Waals surface area contributed by atoms with Crippen LogP contribution < -0.4 is 10.2 Å². The summed E-state index contributed by atoms with van der Waals surface area (Å²) in [6, 6.07) is 4.99. The number of anilines is 1. The highest BCUT2D eigenvalue weighted by Gasteiger charge is 2.20. The van der Waals surface area contributed by atoms with Crippen molar-refractivity contribution in [3.63, 3.8) is 0 Å². The zero-order chi connectivity index (χ0) is 14.8. The molecule has 3 rings (SSSR count). The fourth-order valence-electron chi connectivity index (χ4n) is 2.77. The van der Waals surface area contributed by atoms with Crippen molar-refractivity contribution < 1.29 is 0 Å². The number of rotatable bonds is 4. The zero-order valence-electron chi connectivity index (χ0n) is 13.0. The molecule has 0 atom stereocenters. The summed E-state index contributed by atoms with van der Waals surface area (Å²) < 4.78 is 0. The van der Waals surface area contributed by atoms with Gasteiger partial charge in [-0.05, 0) is 36.4 Å². The second kappa shape index (κ2) is 6.16. The quantitative estimate of drug-likeness (QED) is 0.936. The maximum Gasteiger partial charge on any atom is 0.0448 e. The molecule has 0 bridgehead atoms. The van der Waals surface area contributed by atoms with Crippen LogP contribution in [0.25, 0.3) is 0 Å². The third kappa shape index (κ3) is 3.27. The Morgan fingerprint density at radius 1 is 1.43 bits per heavy atom. The van der Waals surface area contributed by atoms with Crippen LogP contribution in [0.5, 0.6) is 0 Å². The summed E-state index contributed by atoms with van der Waals surface area (Å²) >= 11 is 1.89. The third-order valence-corrected chi connectivity index (χ3v) is 4.97. The highest BCUT2D eigenvalue weighted by molar-refractivity contribution is 7.10. The first-order valence-electron chi connectivity index (χ1n) is 7.62. The van der Waals surface area contributed by atoms with Gasteiger partial charge in [0.15, 0.2) is 0 Å². The lowest BCUT2D eigenvalue weighted by molar-refractivity contribution is 0.585. The highest BCUT2D eigenvalue weighted by atomic mass is 32.1. The molecule has 0 saturated carbocycles. The smallest absolute Gasteiger partial charge is 0.0448 e. The molecule has 2 aromatic heterocycles. The van der Waals surface area contributed by atoms with Crippen molar-refractivity contribution in [3.8, 4) is 0 Å². The maximum absolute atomic E-state index is 4.48. The molecule has 0 amide bonds. The molecule has 2 aromatic rings. The van der Waals surface area contributed by atoms with Crippen LogP contribution in [-0.2, 0) is 19.5 Å². The lowest BCUT2D eigenvalue weighted by atomic mass is 10.1. The number of nitrogens with zero attached hydrogens (tertiary/aromatic N) is 2. The van der Waals surface area contributed by atoms with E-state index >= 15 is 0 Å².